The Bertz CT molecular complexity index is 477. The first-order chi connectivity index (χ1) is 8.44. The van der Waals surface area contributed by atoms with Crippen molar-refractivity contribution in [2.45, 2.75) is 38.9 Å². The summed E-state index contributed by atoms with van der Waals surface area (Å²) in [6.07, 6.45) is 1.01. The monoisotopic (exact) mass is 310 g/mol. The molecule has 1 aromatic carbocycles. The van der Waals surface area contributed by atoms with Crippen molar-refractivity contribution in [3.8, 4) is 5.75 Å². The van der Waals surface area contributed by atoms with E-state index in [0.717, 1.165) is 16.7 Å². The molecule has 18 heavy (non-hydrogen) atoms. The molecule has 0 N–H and O–H groups in total. The zero-order valence-electron chi connectivity index (χ0n) is 11.3. The van der Waals surface area contributed by atoms with Crippen LogP contribution in [0.1, 0.15) is 38.9 Å². The third kappa shape index (κ3) is 2.62. The van der Waals surface area contributed by atoms with Crippen LogP contribution >= 0.6 is 15.9 Å². The molecule has 1 aliphatic rings. The summed E-state index contributed by atoms with van der Waals surface area (Å²) in [7, 11) is 1.69. The minimum Gasteiger partial charge on any atom is -0.497 e. The summed E-state index contributed by atoms with van der Waals surface area (Å²) >= 11 is 3.63. The summed E-state index contributed by atoms with van der Waals surface area (Å²) in [5.41, 5.74) is 2.25. The van der Waals surface area contributed by atoms with Gasteiger partial charge in [-0.15, -0.1) is 0 Å². The van der Waals surface area contributed by atoms with Gasteiger partial charge in [-0.05, 0) is 44.9 Å². The summed E-state index contributed by atoms with van der Waals surface area (Å²) in [5.74, 6) is 0.875. The Morgan fingerprint density at radius 2 is 2.11 bits per heavy atom. The van der Waals surface area contributed by atoms with E-state index in [1.165, 1.54) is 11.1 Å². The van der Waals surface area contributed by atoms with Crippen molar-refractivity contribution in [2.75, 3.05) is 7.11 Å². The number of hydrogen-bond acceptors (Lipinski definition) is 2. The predicted molar refractivity (Wildman–Crippen MR) is 77.1 cm³/mol. The third-order valence-electron chi connectivity index (χ3n) is 3.30. The van der Waals surface area contributed by atoms with Crippen LogP contribution in [0.25, 0.3) is 0 Å². The van der Waals surface area contributed by atoms with Crippen molar-refractivity contribution in [1.82, 2.24) is 0 Å². The molecule has 0 saturated carbocycles. The molecule has 98 valence electrons. The standard InChI is InChI=1S/C15H19BrO2/c1-10-8-13(18-15(2,3)14(10)16)11-6-5-7-12(9-11)17-4/h5-7,9,13H,8H2,1-4H3. The van der Waals surface area contributed by atoms with Crippen molar-refractivity contribution in [1.29, 1.82) is 0 Å². The van der Waals surface area contributed by atoms with Gasteiger partial charge in [0.05, 0.1) is 18.8 Å². The Morgan fingerprint density at radius 3 is 2.72 bits per heavy atom. The van der Waals surface area contributed by atoms with Crippen molar-refractivity contribution >= 4 is 15.9 Å². The highest BCUT2D eigenvalue weighted by molar-refractivity contribution is 9.11. The molecule has 0 aliphatic carbocycles. The van der Waals surface area contributed by atoms with Gasteiger partial charge in [0.2, 0.25) is 0 Å². The second-order valence-electron chi connectivity index (χ2n) is 5.19. The summed E-state index contributed by atoms with van der Waals surface area (Å²) in [6.45, 7) is 6.33. The van der Waals surface area contributed by atoms with Gasteiger partial charge in [0.1, 0.15) is 5.75 Å². The van der Waals surface area contributed by atoms with E-state index in [0.29, 0.717) is 0 Å². The molecule has 1 atom stereocenters. The van der Waals surface area contributed by atoms with Crippen LogP contribution < -0.4 is 4.74 Å². The van der Waals surface area contributed by atoms with Gasteiger partial charge in [0.25, 0.3) is 0 Å². The summed E-state index contributed by atoms with van der Waals surface area (Å²) < 4.78 is 12.6. The smallest absolute Gasteiger partial charge is 0.119 e. The van der Waals surface area contributed by atoms with Gasteiger partial charge in [-0.25, -0.2) is 0 Å². The highest BCUT2D eigenvalue weighted by Crippen LogP contribution is 2.43. The maximum absolute atomic E-state index is 6.18. The molecule has 1 aliphatic heterocycles. The van der Waals surface area contributed by atoms with Gasteiger partial charge in [-0.2, -0.15) is 0 Å². The Kier molecular flexibility index (Phi) is 3.83. The first-order valence-electron chi connectivity index (χ1n) is 6.11. The average molecular weight is 311 g/mol. The van der Waals surface area contributed by atoms with Crippen LogP contribution in [0, 0.1) is 0 Å². The van der Waals surface area contributed by atoms with E-state index < -0.39 is 0 Å². The molecule has 2 nitrogen and oxygen atoms in total. The van der Waals surface area contributed by atoms with E-state index in [2.05, 4.69) is 42.8 Å². The molecule has 0 amide bonds. The van der Waals surface area contributed by atoms with Gasteiger partial charge in [0, 0.05) is 4.48 Å². The van der Waals surface area contributed by atoms with Crippen molar-refractivity contribution in [2.24, 2.45) is 0 Å². The molecular weight excluding hydrogens is 292 g/mol. The zero-order chi connectivity index (χ0) is 13.3. The summed E-state index contributed by atoms with van der Waals surface area (Å²) in [6, 6.07) is 8.10. The van der Waals surface area contributed by atoms with Crippen LogP contribution in [0.2, 0.25) is 0 Å². The fourth-order valence-electron chi connectivity index (χ4n) is 2.36. The fraction of sp³-hybridized carbons (Fsp3) is 0.467. The van der Waals surface area contributed by atoms with E-state index in [1.807, 2.05) is 18.2 Å². The van der Waals surface area contributed by atoms with Gasteiger partial charge in [-0.1, -0.05) is 33.6 Å². The summed E-state index contributed by atoms with van der Waals surface area (Å²) in [4.78, 5) is 0. The van der Waals surface area contributed by atoms with Crippen LogP contribution in [0.4, 0.5) is 0 Å². The fourth-order valence-corrected chi connectivity index (χ4v) is 2.61. The Balaban J connectivity index is 2.31. The van der Waals surface area contributed by atoms with E-state index in [4.69, 9.17) is 9.47 Å². The Hall–Kier alpha value is -0.800. The van der Waals surface area contributed by atoms with Gasteiger partial charge in [0.15, 0.2) is 0 Å². The van der Waals surface area contributed by atoms with Crippen LogP contribution in [0.5, 0.6) is 5.75 Å². The maximum atomic E-state index is 6.18. The largest absolute Gasteiger partial charge is 0.497 e. The van der Waals surface area contributed by atoms with E-state index in [-0.39, 0.29) is 11.7 Å². The Labute approximate surface area is 117 Å². The normalized spacial score (nSPS) is 23.1. The van der Waals surface area contributed by atoms with Crippen molar-refractivity contribution < 1.29 is 9.47 Å². The molecule has 0 bridgehead atoms. The van der Waals surface area contributed by atoms with E-state index >= 15 is 0 Å². The first-order valence-corrected chi connectivity index (χ1v) is 6.91. The molecule has 0 fully saturated rings. The zero-order valence-corrected chi connectivity index (χ0v) is 12.9. The second kappa shape index (κ2) is 5.06. The third-order valence-corrected chi connectivity index (χ3v) is 4.93. The van der Waals surface area contributed by atoms with E-state index in [1.54, 1.807) is 7.11 Å². The van der Waals surface area contributed by atoms with Crippen LogP contribution in [-0.2, 0) is 4.74 Å². The molecular formula is C15H19BrO2. The highest BCUT2D eigenvalue weighted by Gasteiger charge is 2.33. The molecule has 1 unspecified atom stereocenters. The lowest BCUT2D eigenvalue weighted by molar-refractivity contribution is -0.0552. The van der Waals surface area contributed by atoms with Gasteiger partial charge >= 0.3 is 0 Å². The molecule has 0 saturated heterocycles. The topological polar surface area (TPSA) is 18.5 Å². The lowest BCUT2D eigenvalue weighted by atomic mass is 9.93. The first kappa shape index (κ1) is 13.6. The Morgan fingerprint density at radius 1 is 1.39 bits per heavy atom. The lowest BCUT2D eigenvalue weighted by Gasteiger charge is -2.37. The lowest BCUT2D eigenvalue weighted by Crippen LogP contribution is -2.32. The van der Waals surface area contributed by atoms with Gasteiger partial charge in [-0.3, -0.25) is 0 Å². The molecule has 2 rings (SSSR count). The molecule has 0 aromatic heterocycles. The maximum Gasteiger partial charge on any atom is 0.119 e. The number of hydrogen-bond donors (Lipinski definition) is 0. The SMILES string of the molecule is COc1cccc(C2CC(C)=C(Br)C(C)(C)O2)c1. The number of methoxy groups -OCH3 is 1. The second-order valence-corrected chi connectivity index (χ2v) is 5.98. The van der Waals surface area contributed by atoms with Crippen molar-refractivity contribution in [3.05, 3.63) is 39.9 Å². The quantitative estimate of drug-likeness (QED) is 0.794. The molecule has 0 spiro atoms. The molecule has 3 heteroatoms. The van der Waals surface area contributed by atoms with E-state index in [9.17, 15) is 0 Å². The summed E-state index contributed by atoms with van der Waals surface area (Å²) in [5, 5.41) is 0. The number of benzene rings is 1. The van der Waals surface area contributed by atoms with Gasteiger partial charge < -0.3 is 9.47 Å². The number of rotatable bonds is 2. The van der Waals surface area contributed by atoms with Crippen LogP contribution in [0.15, 0.2) is 34.3 Å². The minimum atomic E-state index is -0.268. The minimum absolute atomic E-state index is 0.0939. The molecule has 1 aromatic rings. The van der Waals surface area contributed by atoms with Crippen molar-refractivity contribution in [3.63, 3.8) is 0 Å². The average Bonchev–Trinajstić information content (AvgIpc) is 2.35. The van der Waals surface area contributed by atoms with Crippen LogP contribution in [0.3, 0.4) is 0 Å². The predicted octanol–water partition coefficient (Wildman–Crippen LogP) is 4.60. The molecule has 0 radical (unpaired) electrons. The number of halogens is 1. The highest BCUT2D eigenvalue weighted by atomic mass is 79.9. The van der Waals surface area contributed by atoms with Crippen LogP contribution in [-0.4, -0.2) is 12.7 Å². The molecule has 1 heterocycles. The number of ether oxygens (including phenoxy) is 2.